The summed E-state index contributed by atoms with van der Waals surface area (Å²) >= 11 is 0. The van der Waals surface area contributed by atoms with E-state index in [2.05, 4.69) is 30.8 Å². The van der Waals surface area contributed by atoms with Gasteiger partial charge in [-0.1, -0.05) is 13.8 Å². The van der Waals surface area contributed by atoms with Crippen LogP contribution in [0.25, 0.3) is 0 Å². The molecule has 0 aromatic carbocycles. The maximum absolute atomic E-state index is 13.8. The summed E-state index contributed by atoms with van der Waals surface area (Å²) in [6.07, 6.45) is 1.62. The normalized spacial score (nSPS) is 27.2. The fourth-order valence-electron chi connectivity index (χ4n) is 5.82. The largest absolute Gasteiger partial charge is 0.417 e. The first kappa shape index (κ1) is 23.5. The Morgan fingerprint density at radius 2 is 1.97 bits per heavy atom. The smallest absolute Gasteiger partial charge is 0.381 e. The average Bonchev–Trinajstić information content (AvgIpc) is 3.24. The van der Waals surface area contributed by atoms with Crippen molar-refractivity contribution in [1.82, 2.24) is 14.8 Å². The zero-order chi connectivity index (χ0) is 23.1. The van der Waals surface area contributed by atoms with Gasteiger partial charge < -0.3 is 14.5 Å². The maximum Gasteiger partial charge on any atom is 0.417 e. The molecule has 2 fully saturated rings. The van der Waals surface area contributed by atoms with Crippen molar-refractivity contribution in [2.24, 2.45) is 11.3 Å². The third kappa shape index (κ3) is 4.40. The monoisotopic (exact) mass is 453 g/mol. The van der Waals surface area contributed by atoms with E-state index in [1.165, 1.54) is 6.07 Å². The van der Waals surface area contributed by atoms with Crippen molar-refractivity contribution in [2.45, 2.75) is 77.2 Å². The number of amides is 1. The van der Waals surface area contributed by atoms with Crippen LogP contribution in [0.5, 0.6) is 0 Å². The van der Waals surface area contributed by atoms with Crippen molar-refractivity contribution in [3.8, 4) is 0 Å². The molecular formula is C24H34F3N3O2. The standard InChI is InChI=1S/C24H34F3N3O2/c1-16(2)23(8-4-20(13-23)29(3)19-6-10-32-11-7-19)22(31)30-9-5-21-17(15-30)12-18(14-28-21)24(25,26)27/h12,14,16,19-20H,4-11,13,15H2,1-3H3/t20-,23+/m1/s1. The number of carbonyl (C=O) groups excluding carboxylic acids is 1. The lowest BCUT2D eigenvalue weighted by Crippen LogP contribution is -2.49. The number of pyridine rings is 1. The molecule has 0 unspecified atom stereocenters. The van der Waals surface area contributed by atoms with E-state index < -0.39 is 17.2 Å². The van der Waals surface area contributed by atoms with Gasteiger partial charge >= 0.3 is 6.18 Å². The fraction of sp³-hybridized carbons (Fsp3) is 0.750. The number of aromatic nitrogens is 1. The summed E-state index contributed by atoms with van der Waals surface area (Å²) in [6, 6.07) is 2.00. The topological polar surface area (TPSA) is 45.7 Å². The van der Waals surface area contributed by atoms with E-state index in [4.69, 9.17) is 4.74 Å². The molecule has 0 radical (unpaired) electrons. The van der Waals surface area contributed by atoms with Crippen LogP contribution in [-0.2, 0) is 28.7 Å². The fourth-order valence-corrected chi connectivity index (χ4v) is 5.82. The van der Waals surface area contributed by atoms with Crippen LogP contribution in [0.15, 0.2) is 12.3 Å². The minimum absolute atomic E-state index is 0.0958. The number of alkyl halides is 3. The van der Waals surface area contributed by atoms with Gasteiger partial charge in [0.2, 0.25) is 5.91 Å². The Labute approximate surface area is 188 Å². The van der Waals surface area contributed by atoms with Crippen LogP contribution in [0.4, 0.5) is 13.2 Å². The minimum Gasteiger partial charge on any atom is -0.381 e. The van der Waals surface area contributed by atoms with Gasteiger partial charge in [0.1, 0.15) is 0 Å². The van der Waals surface area contributed by atoms with Crippen LogP contribution < -0.4 is 0 Å². The highest BCUT2D eigenvalue weighted by molar-refractivity contribution is 5.83. The van der Waals surface area contributed by atoms with Gasteiger partial charge in [-0.2, -0.15) is 13.2 Å². The minimum atomic E-state index is -4.43. The number of nitrogens with zero attached hydrogens (tertiary/aromatic N) is 3. The summed E-state index contributed by atoms with van der Waals surface area (Å²) in [7, 11) is 2.17. The molecule has 1 amide bonds. The van der Waals surface area contributed by atoms with Crippen LogP contribution in [-0.4, -0.2) is 59.6 Å². The first-order chi connectivity index (χ1) is 15.1. The number of ether oxygens (including phenoxy) is 1. The van der Waals surface area contributed by atoms with Gasteiger partial charge in [-0.15, -0.1) is 0 Å². The molecule has 1 saturated heterocycles. The Kier molecular flexibility index (Phi) is 6.56. The molecule has 1 aliphatic carbocycles. The lowest BCUT2D eigenvalue weighted by Gasteiger charge is -2.41. The van der Waals surface area contributed by atoms with Gasteiger partial charge in [-0.25, -0.2) is 0 Å². The number of hydrogen-bond acceptors (Lipinski definition) is 4. The van der Waals surface area contributed by atoms with E-state index in [0.29, 0.717) is 36.3 Å². The quantitative estimate of drug-likeness (QED) is 0.682. The van der Waals surface area contributed by atoms with Crippen molar-refractivity contribution >= 4 is 5.91 Å². The van der Waals surface area contributed by atoms with Crippen molar-refractivity contribution in [1.29, 1.82) is 0 Å². The van der Waals surface area contributed by atoms with E-state index in [-0.39, 0.29) is 18.4 Å². The molecule has 8 heteroatoms. The summed E-state index contributed by atoms with van der Waals surface area (Å²) in [4.78, 5) is 22.1. The highest BCUT2D eigenvalue weighted by Crippen LogP contribution is 2.48. The SMILES string of the molecule is CC(C)[C@]1(C(=O)N2CCc3ncc(C(F)(F)F)cc3C2)CC[C@@H](N(C)C2CCOCC2)C1. The van der Waals surface area contributed by atoms with Gasteiger partial charge in [0.15, 0.2) is 0 Å². The number of fused-ring (bicyclic) bond motifs is 1. The lowest BCUT2D eigenvalue weighted by molar-refractivity contribution is -0.146. The predicted molar refractivity (Wildman–Crippen MR) is 115 cm³/mol. The van der Waals surface area contributed by atoms with Crippen molar-refractivity contribution in [3.63, 3.8) is 0 Å². The van der Waals surface area contributed by atoms with Crippen LogP contribution in [0.1, 0.15) is 62.8 Å². The zero-order valence-corrected chi connectivity index (χ0v) is 19.2. The molecular weight excluding hydrogens is 419 g/mol. The third-order valence-electron chi connectivity index (χ3n) is 8.05. The predicted octanol–water partition coefficient (Wildman–Crippen LogP) is 4.29. The summed E-state index contributed by atoms with van der Waals surface area (Å²) in [6.45, 7) is 6.51. The average molecular weight is 454 g/mol. The molecule has 0 N–H and O–H groups in total. The Bertz CT molecular complexity index is 838. The van der Waals surface area contributed by atoms with Crippen molar-refractivity contribution in [2.75, 3.05) is 26.8 Å². The molecule has 1 saturated carbocycles. The maximum atomic E-state index is 13.8. The van der Waals surface area contributed by atoms with Gasteiger partial charge in [0.05, 0.1) is 11.0 Å². The van der Waals surface area contributed by atoms with Crippen LogP contribution in [0, 0.1) is 11.3 Å². The number of rotatable bonds is 4. The Morgan fingerprint density at radius 1 is 1.25 bits per heavy atom. The number of carbonyl (C=O) groups is 1. The Balaban J connectivity index is 1.51. The Morgan fingerprint density at radius 3 is 2.62 bits per heavy atom. The third-order valence-corrected chi connectivity index (χ3v) is 8.05. The first-order valence-corrected chi connectivity index (χ1v) is 11.8. The van der Waals surface area contributed by atoms with E-state index in [1.807, 2.05) is 0 Å². The molecule has 4 rings (SSSR count). The van der Waals surface area contributed by atoms with E-state index in [9.17, 15) is 18.0 Å². The van der Waals surface area contributed by atoms with Crippen molar-refractivity contribution in [3.05, 3.63) is 29.1 Å². The molecule has 0 spiro atoms. The van der Waals surface area contributed by atoms with Gasteiger partial charge in [0, 0.05) is 56.7 Å². The zero-order valence-electron chi connectivity index (χ0n) is 19.2. The van der Waals surface area contributed by atoms with Gasteiger partial charge in [-0.3, -0.25) is 9.78 Å². The van der Waals surface area contributed by atoms with Gasteiger partial charge in [0.25, 0.3) is 0 Å². The molecule has 0 bridgehead atoms. The van der Waals surface area contributed by atoms with Crippen molar-refractivity contribution < 1.29 is 22.7 Å². The van der Waals surface area contributed by atoms with Crippen LogP contribution >= 0.6 is 0 Å². The number of halogens is 3. The molecule has 2 atom stereocenters. The van der Waals surface area contributed by atoms with E-state index >= 15 is 0 Å². The second-order valence-electron chi connectivity index (χ2n) is 10.0. The molecule has 3 heterocycles. The summed E-state index contributed by atoms with van der Waals surface area (Å²) in [5, 5.41) is 0. The molecule has 3 aliphatic rings. The summed E-state index contributed by atoms with van der Waals surface area (Å²) < 4.78 is 45.0. The molecule has 2 aliphatic heterocycles. The summed E-state index contributed by atoms with van der Waals surface area (Å²) in [5.74, 6) is 0.266. The number of hydrogen-bond donors (Lipinski definition) is 0. The second kappa shape index (κ2) is 8.93. The first-order valence-electron chi connectivity index (χ1n) is 11.8. The Hall–Kier alpha value is -1.67. The van der Waals surface area contributed by atoms with Crippen LogP contribution in [0.3, 0.4) is 0 Å². The van der Waals surface area contributed by atoms with E-state index in [1.54, 1.807) is 4.90 Å². The van der Waals surface area contributed by atoms with Crippen LogP contribution in [0.2, 0.25) is 0 Å². The molecule has 1 aromatic heterocycles. The van der Waals surface area contributed by atoms with Gasteiger partial charge in [-0.05, 0) is 56.7 Å². The second-order valence-corrected chi connectivity index (χ2v) is 10.0. The highest BCUT2D eigenvalue weighted by Gasteiger charge is 2.51. The molecule has 178 valence electrons. The molecule has 5 nitrogen and oxygen atoms in total. The molecule has 32 heavy (non-hydrogen) atoms. The molecule has 1 aromatic rings. The summed E-state index contributed by atoms with van der Waals surface area (Å²) in [5.41, 5.74) is -0.0176. The van der Waals surface area contributed by atoms with E-state index in [0.717, 1.165) is 51.5 Å². The highest BCUT2D eigenvalue weighted by atomic mass is 19.4. The lowest BCUT2D eigenvalue weighted by atomic mass is 9.73.